The molecule has 0 aliphatic rings. The number of fused-ring (bicyclic) bond motifs is 1. The van der Waals surface area contributed by atoms with Crippen molar-refractivity contribution in [1.82, 2.24) is 10.2 Å². The third-order valence-electron chi connectivity index (χ3n) is 2.55. The lowest BCUT2D eigenvalue weighted by molar-refractivity contribution is 0.260. The van der Waals surface area contributed by atoms with Gasteiger partial charge in [-0.3, -0.25) is 9.31 Å². The fourth-order valence-corrected chi connectivity index (χ4v) is 2.06. The fraction of sp³-hybridized carbons (Fsp3) is 0.273. The van der Waals surface area contributed by atoms with Gasteiger partial charge in [0.25, 0.3) is 0 Å². The van der Waals surface area contributed by atoms with Crippen molar-refractivity contribution in [2.24, 2.45) is 4.36 Å². The first-order valence-corrected chi connectivity index (χ1v) is 7.16. The predicted molar refractivity (Wildman–Crippen MR) is 72.4 cm³/mol. The van der Waals surface area contributed by atoms with Crippen LogP contribution in [0.1, 0.15) is 12.5 Å². The smallest absolute Gasteiger partial charge is 0.303 e. The van der Waals surface area contributed by atoms with Gasteiger partial charge in [-0.25, -0.2) is 4.79 Å². The molecule has 0 bridgehead atoms. The fourth-order valence-electron chi connectivity index (χ4n) is 1.75. The molecule has 0 saturated heterocycles. The van der Waals surface area contributed by atoms with Crippen LogP contribution in [0.15, 0.2) is 22.7 Å². The number of urea groups is 1. The number of benzene rings is 1. The Hall–Kier alpha value is -1.89. The maximum Gasteiger partial charge on any atom is 0.353 e. The minimum Gasteiger partial charge on any atom is -0.303 e. The average Bonchev–Trinajstić information content (AvgIpc) is 2.76. The maximum atomic E-state index is 11.6. The highest BCUT2D eigenvalue weighted by molar-refractivity contribution is 7.74. The second-order valence-electron chi connectivity index (χ2n) is 3.78. The number of aromatic nitrogens is 2. The van der Waals surface area contributed by atoms with Gasteiger partial charge in [0.2, 0.25) is 0 Å². The lowest BCUT2D eigenvalue weighted by atomic mass is 10.1. The van der Waals surface area contributed by atoms with E-state index in [2.05, 4.69) is 19.9 Å². The zero-order valence-corrected chi connectivity index (χ0v) is 11.0. The molecule has 2 amide bonds. The number of aromatic amines is 1. The first kappa shape index (κ1) is 12.6. The summed E-state index contributed by atoms with van der Waals surface area (Å²) in [4.78, 5) is 11.6. The molecular formula is C11H14N4O2S. The summed E-state index contributed by atoms with van der Waals surface area (Å²) >= 11 is 0. The molecule has 0 spiro atoms. The number of nitrogens with one attached hydrogen (secondary N) is 2. The van der Waals surface area contributed by atoms with Gasteiger partial charge < -0.3 is 5.32 Å². The Morgan fingerprint density at radius 3 is 3.00 bits per heavy atom. The van der Waals surface area contributed by atoms with Crippen LogP contribution in [0.4, 0.5) is 10.5 Å². The van der Waals surface area contributed by atoms with Crippen LogP contribution in [0.2, 0.25) is 0 Å². The number of carbonyl (C=O) groups excluding carboxylic acids is 1. The summed E-state index contributed by atoms with van der Waals surface area (Å²) < 4.78 is 14.4. The summed E-state index contributed by atoms with van der Waals surface area (Å²) in [7, 11) is -1.84. The van der Waals surface area contributed by atoms with Crippen molar-refractivity contribution in [3.63, 3.8) is 0 Å². The molecule has 1 aromatic heterocycles. The number of carbonyl (C=O) groups is 1. The van der Waals surface area contributed by atoms with Crippen molar-refractivity contribution in [3.8, 4) is 0 Å². The van der Waals surface area contributed by atoms with E-state index in [1.54, 1.807) is 6.20 Å². The standard InChI is InChI=1S/C11H14N4O2S/c1-3-7-4-5-8-6-12-14-10(8)9(7)13-11(16)15-18(2)17/h4-6,18H,3H2,1-2H3,(H,12,14)(H,13,16). The van der Waals surface area contributed by atoms with Crippen molar-refractivity contribution < 1.29 is 9.00 Å². The van der Waals surface area contributed by atoms with E-state index < -0.39 is 16.6 Å². The van der Waals surface area contributed by atoms with E-state index in [1.165, 1.54) is 6.26 Å². The maximum absolute atomic E-state index is 11.6. The lowest BCUT2D eigenvalue weighted by Gasteiger charge is -2.08. The Morgan fingerprint density at radius 2 is 2.33 bits per heavy atom. The molecule has 1 unspecified atom stereocenters. The van der Waals surface area contributed by atoms with E-state index in [-0.39, 0.29) is 0 Å². The zero-order valence-electron chi connectivity index (χ0n) is 10.1. The topological polar surface area (TPSA) is 87.2 Å². The third kappa shape index (κ3) is 2.51. The third-order valence-corrected chi connectivity index (χ3v) is 3.01. The minimum atomic E-state index is -1.84. The molecule has 2 rings (SSSR count). The van der Waals surface area contributed by atoms with Crippen LogP contribution < -0.4 is 5.32 Å². The molecule has 1 aromatic carbocycles. The number of aryl methyl sites for hydroxylation is 1. The van der Waals surface area contributed by atoms with Crippen LogP contribution in [-0.4, -0.2) is 26.7 Å². The molecule has 0 fully saturated rings. The normalized spacial score (nSPS) is 12.8. The molecule has 0 saturated carbocycles. The first-order chi connectivity index (χ1) is 8.61. The van der Waals surface area contributed by atoms with Crippen molar-refractivity contribution in [2.45, 2.75) is 13.3 Å². The van der Waals surface area contributed by atoms with Gasteiger partial charge >= 0.3 is 6.03 Å². The second-order valence-corrected chi connectivity index (χ2v) is 4.91. The summed E-state index contributed by atoms with van der Waals surface area (Å²) in [6.45, 7) is 1.99. The molecule has 0 aliphatic carbocycles. The van der Waals surface area contributed by atoms with Gasteiger partial charge in [-0.05, 0) is 12.0 Å². The summed E-state index contributed by atoms with van der Waals surface area (Å²) in [5, 5.41) is 10.4. The number of nitrogens with zero attached hydrogens (tertiary/aromatic N) is 2. The zero-order chi connectivity index (χ0) is 13.1. The summed E-state index contributed by atoms with van der Waals surface area (Å²) in [5.41, 5.74) is 2.38. The van der Waals surface area contributed by atoms with Crippen molar-refractivity contribution in [2.75, 3.05) is 11.6 Å². The van der Waals surface area contributed by atoms with Crippen LogP contribution in [0, 0.1) is 0 Å². The van der Waals surface area contributed by atoms with Crippen LogP contribution in [0.3, 0.4) is 0 Å². The molecule has 1 heterocycles. The highest BCUT2D eigenvalue weighted by atomic mass is 32.2. The number of hydrogen-bond donors (Lipinski definition) is 3. The first-order valence-electron chi connectivity index (χ1n) is 5.50. The molecule has 18 heavy (non-hydrogen) atoms. The summed E-state index contributed by atoms with van der Waals surface area (Å²) in [5.74, 6) is 0. The minimum absolute atomic E-state index is 0.601. The van der Waals surface area contributed by atoms with Gasteiger partial charge in [-0.2, -0.15) is 5.10 Å². The van der Waals surface area contributed by atoms with Crippen LogP contribution >= 0.6 is 0 Å². The molecule has 2 aromatic rings. The van der Waals surface area contributed by atoms with Crippen molar-refractivity contribution in [1.29, 1.82) is 0 Å². The van der Waals surface area contributed by atoms with Crippen LogP contribution in [-0.2, 0) is 17.0 Å². The van der Waals surface area contributed by atoms with E-state index >= 15 is 0 Å². The van der Waals surface area contributed by atoms with Gasteiger partial charge in [0.1, 0.15) is 0 Å². The SMILES string of the molecule is CCc1ccc2cn[nH]c2c1NC(=O)/N=[SH](/C)=O. The second kappa shape index (κ2) is 5.18. The highest BCUT2D eigenvalue weighted by Gasteiger charge is 2.10. The van der Waals surface area contributed by atoms with Gasteiger partial charge in [-0.1, -0.05) is 19.1 Å². The van der Waals surface area contributed by atoms with Crippen LogP contribution in [0.5, 0.6) is 0 Å². The molecule has 7 heteroatoms. The van der Waals surface area contributed by atoms with Crippen molar-refractivity contribution >= 4 is 33.2 Å². The molecule has 96 valence electrons. The lowest BCUT2D eigenvalue weighted by Crippen LogP contribution is -2.09. The highest BCUT2D eigenvalue weighted by Crippen LogP contribution is 2.26. The Kier molecular flexibility index (Phi) is 3.61. The van der Waals surface area contributed by atoms with E-state index in [4.69, 9.17) is 0 Å². The monoisotopic (exact) mass is 266 g/mol. The number of thiol groups is 1. The molecule has 0 aliphatic heterocycles. The largest absolute Gasteiger partial charge is 0.353 e. The molecule has 2 N–H and O–H groups in total. The van der Waals surface area contributed by atoms with Gasteiger partial charge in [0.05, 0.1) is 17.4 Å². The van der Waals surface area contributed by atoms with Gasteiger partial charge in [0.15, 0.2) is 0 Å². The Balaban J connectivity index is 2.47. The summed E-state index contributed by atoms with van der Waals surface area (Å²) in [6, 6.07) is 3.26. The summed E-state index contributed by atoms with van der Waals surface area (Å²) in [6.07, 6.45) is 3.83. The Morgan fingerprint density at radius 1 is 1.56 bits per heavy atom. The van der Waals surface area contributed by atoms with Gasteiger partial charge in [-0.15, -0.1) is 4.36 Å². The van der Waals surface area contributed by atoms with Gasteiger partial charge in [0, 0.05) is 22.2 Å². The molecule has 1 atom stereocenters. The number of H-pyrrole nitrogens is 1. The average molecular weight is 266 g/mol. The number of hydrogen-bond acceptors (Lipinski definition) is 3. The van der Waals surface area contributed by atoms with E-state index in [9.17, 15) is 9.00 Å². The van der Waals surface area contributed by atoms with E-state index in [0.717, 1.165) is 22.9 Å². The van der Waals surface area contributed by atoms with E-state index in [0.29, 0.717) is 5.69 Å². The Bertz CT molecular complexity index is 671. The predicted octanol–water partition coefficient (Wildman–Crippen LogP) is 1.95. The molecular weight excluding hydrogens is 252 g/mol. The number of amides is 2. The number of anilines is 1. The Labute approximate surface area is 106 Å². The van der Waals surface area contributed by atoms with Crippen LogP contribution in [0.25, 0.3) is 10.9 Å². The van der Waals surface area contributed by atoms with Crippen molar-refractivity contribution in [3.05, 3.63) is 23.9 Å². The quantitative estimate of drug-likeness (QED) is 0.726. The molecule has 6 nitrogen and oxygen atoms in total. The van der Waals surface area contributed by atoms with E-state index in [1.807, 2.05) is 19.1 Å². The molecule has 0 radical (unpaired) electrons. The number of rotatable bonds is 2.